The van der Waals surface area contributed by atoms with Gasteiger partial charge >= 0.3 is 0 Å². The summed E-state index contributed by atoms with van der Waals surface area (Å²) in [5.41, 5.74) is 12.2. The molecule has 1 saturated heterocycles. The quantitative estimate of drug-likeness (QED) is 0.645. The SMILES string of the molecule is Cc1ccc(S(=O)(=O)n2ccc3c(NN4CCC5(CC4)CC5C#N)c(N)cnc32)cc1. The number of aromatic nitrogens is 2. The lowest BCUT2D eigenvalue weighted by molar-refractivity contribution is 0.197. The molecule has 1 aliphatic heterocycles. The Labute approximate surface area is 181 Å². The maximum atomic E-state index is 13.2. The van der Waals surface area contributed by atoms with E-state index in [0.717, 1.165) is 37.9 Å². The first-order valence-corrected chi connectivity index (χ1v) is 11.8. The van der Waals surface area contributed by atoms with Crippen LogP contribution in [0.4, 0.5) is 11.4 Å². The van der Waals surface area contributed by atoms with E-state index >= 15 is 0 Å². The lowest BCUT2D eigenvalue weighted by Crippen LogP contribution is -2.39. The molecular weight excluding hydrogens is 412 g/mol. The topological polar surface area (TPSA) is 117 Å². The van der Waals surface area contributed by atoms with Crippen LogP contribution in [0.3, 0.4) is 0 Å². The van der Waals surface area contributed by atoms with E-state index in [4.69, 9.17) is 5.73 Å². The monoisotopic (exact) mass is 436 g/mol. The van der Waals surface area contributed by atoms with Crippen LogP contribution in [0.1, 0.15) is 24.8 Å². The van der Waals surface area contributed by atoms with Gasteiger partial charge in [-0.1, -0.05) is 17.7 Å². The molecule has 160 valence electrons. The van der Waals surface area contributed by atoms with Gasteiger partial charge < -0.3 is 11.2 Å². The minimum absolute atomic E-state index is 0.188. The smallest absolute Gasteiger partial charge is 0.269 e. The molecule has 3 heterocycles. The zero-order valence-corrected chi connectivity index (χ0v) is 18.1. The van der Waals surface area contributed by atoms with Gasteiger partial charge in [-0.25, -0.2) is 22.4 Å². The first-order chi connectivity index (χ1) is 14.8. The fourth-order valence-corrected chi connectivity index (χ4v) is 5.83. The molecule has 3 N–H and O–H groups in total. The van der Waals surface area contributed by atoms with Crippen LogP contribution in [0.5, 0.6) is 0 Å². The van der Waals surface area contributed by atoms with Crippen LogP contribution in [-0.2, 0) is 10.0 Å². The third kappa shape index (κ3) is 3.23. The minimum atomic E-state index is -3.78. The van der Waals surface area contributed by atoms with Gasteiger partial charge in [0, 0.05) is 24.7 Å². The summed E-state index contributed by atoms with van der Waals surface area (Å²) < 4.78 is 27.6. The highest BCUT2D eigenvalue weighted by Gasteiger charge is 2.55. The Morgan fingerprint density at radius 3 is 2.58 bits per heavy atom. The number of nitrogens with one attached hydrogen (secondary N) is 1. The average molecular weight is 437 g/mol. The maximum absolute atomic E-state index is 13.2. The Hall–Kier alpha value is -3.09. The highest BCUT2D eigenvalue weighted by molar-refractivity contribution is 7.90. The van der Waals surface area contributed by atoms with Gasteiger partial charge in [-0.15, -0.1) is 0 Å². The minimum Gasteiger partial charge on any atom is -0.396 e. The van der Waals surface area contributed by atoms with Crippen molar-refractivity contribution < 1.29 is 8.42 Å². The van der Waals surface area contributed by atoms with Crippen LogP contribution in [0, 0.1) is 29.6 Å². The molecule has 1 aliphatic carbocycles. The molecule has 2 aromatic heterocycles. The van der Waals surface area contributed by atoms with Gasteiger partial charge in [-0.3, -0.25) is 0 Å². The second kappa shape index (κ2) is 6.97. The van der Waals surface area contributed by atoms with E-state index in [1.165, 1.54) is 16.4 Å². The standard InChI is InChI=1S/C22H24N6O2S/c1-15-2-4-17(5-3-15)31(29,30)28-9-6-18-20(19(24)14-25-21(18)28)26-27-10-7-22(8-11-27)12-16(22)13-23/h2-6,9,14,16H,7-8,10-12,24H2,1H3,(H,25,26). The summed E-state index contributed by atoms with van der Waals surface area (Å²) in [7, 11) is -3.78. The number of aryl methyl sites for hydroxylation is 1. The van der Waals surface area contributed by atoms with Crippen molar-refractivity contribution in [2.24, 2.45) is 11.3 Å². The molecule has 2 fully saturated rings. The van der Waals surface area contributed by atoms with Crippen molar-refractivity contribution in [3.05, 3.63) is 48.3 Å². The number of rotatable bonds is 4. The number of nitrogens with zero attached hydrogens (tertiary/aromatic N) is 4. The average Bonchev–Trinajstić information content (AvgIpc) is 3.25. The molecule has 2 aliphatic rings. The van der Waals surface area contributed by atoms with Crippen molar-refractivity contribution in [1.29, 1.82) is 5.26 Å². The lowest BCUT2D eigenvalue weighted by Gasteiger charge is -2.33. The molecule has 0 amide bonds. The van der Waals surface area contributed by atoms with Crippen molar-refractivity contribution in [3.63, 3.8) is 0 Å². The maximum Gasteiger partial charge on any atom is 0.269 e. The molecule has 1 atom stereocenters. The molecule has 31 heavy (non-hydrogen) atoms. The Kier molecular flexibility index (Phi) is 4.46. The normalized spacial score (nSPS) is 20.6. The van der Waals surface area contributed by atoms with E-state index in [-0.39, 0.29) is 16.2 Å². The predicted octanol–water partition coefficient (Wildman–Crippen LogP) is 3.12. The highest BCUT2D eigenvalue weighted by Crippen LogP contribution is 2.58. The molecule has 1 aromatic carbocycles. The third-order valence-electron chi connectivity index (χ3n) is 6.66. The Morgan fingerprint density at radius 2 is 1.94 bits per heavy atom. The zero-order valence-electron chi connectivity index (χ0n) is 17.2. The zero-order chi connectivity index (χ0) is 21.8. The van der Waals surface area contributed by atoms with Gasteiger partial charge in [-0.2, -0.15) is 5.26 Å². The van der Waals surface area contributed by atoms with Crippen LogP contribution < -0.4 is 11.2 Å². The predicted molar refractivity (Wildman–Crippen MR) is 118 cm³/mol. The van der Waals surface area contributed by atoms with E-state index < -0.39 is 10.0 Å². The van der Waals surface area contributed by atoms with E-state index in [1.54, 1.807) is 30.3 Å². The Bertz CT molecular complexity index is 1300. The van der Waals surface area contributed by atoms with Gasteiger partial charge in [0.15, 0.2) is 5.65 Å². The molecule has 8 nitrogen and oxygen atoms in total. The fourth-order valence-electron chi connectivity index (χ4n) is 4.53. The summed E-state index contributed by atoms with van der Waals surface area (Å²) >= 11 is 0. The number of nitriles is 1. The van der Waals surface area contributed by atoms with Gasteiger partial charge in [-0.05, 0) is 49.8 Å². The highest BCUT2D eigenvalue weighted by atomic mass is 32.2. The first kappa shape index (κ1) is 19.8. The van der Waals surface area contributed by atoms with Crippen LogP contribution in [-0.4, -0.2) is 35.5 Å². The van der Waals surface area contributed by atoms with Crippen molar-refractivity contribution in [2.75, 3.05) is 24.2 Å². The molecule has 1 spiro atoms. The molecule has 1 unspecified atom stereocenters. The number of fused-ring (bicyclic) bond motifs is 1. The van der Waals surface area contributed by atoms with Gasteiger partial charge in [0.25, 0.3) is 10.0 Å². The van der Waals surface area contributed by atoms with E-state index in [0.29, 0.717) is 22.4 Å². The summed E-state index contributed by atoms with van der Waals surface area (Å²) in [4.78, 5) is 4.53. The van der Waals surface area contributed by atoms with Crippen LogP contribution in [0.25, 0.3) is 11.0 Å². The summed E-state index contributed by atoms with van der Waals surface area (Å²) in [6, 6.07) is 10.9. The van der Waals surface area contributed by atoms with Crippen LogP contribution in [0.15, 0.2) is 47.6 Å². The first-order valence-electron chi connectivity index (χ1n) is 10.3. The van der Waals surface area contributed by atoms with Crippen molar-refractivity contribution in [3.8, 4) is 6.07 Å². The number of benzene rings is 1. The van der Waals surface area contributed by atoms with E-state index in [9.17, 15) is 13.7 Å². The van der Waals surface area contributed by atoms with Crippen LogP contribution >= 0.6 is 0 Å². The summed E-state index contributed by atoms with van der Waals surface area (Å²) in [5.74, 6) is 0.188. The largest absolute Gasteiger partial charge is 0.396 e. The number of pyridine rings is 1. The summed E-state index contributed by atoms with van der Waals surface area (Å²) in [5, 5.41) is 11.9. The number of anilines is 2. The van der Waals surface area contributed by atoms with E-state index in [2.05, 4.69) is 21.5 Å². The van der Waals surface area contributed by atoms with Gasteiger partial charge in [0.2, 0.25) is 0 Å². The molecule has 5 rings (SSSR count). The van der Waals surface area contributed by atoms with Crippen molar-refractivity contribution in [1.82, 2.24) is 14.0 Å². The van der Waals surface area contributed by atoms with E-state index in [1.807, 2.05) is 6.92 Å². The summed E-state index contributed by atoms with van der Waals surface area (Å²) in [6.45, 7) is 3.53. The van der Waals surface area contributed by atoms with Crippen LogP contribution in [0.2, 0.25) is 0 Å². The number of hydrogen-bond acceptors (Lipinski definition) is 7. The number of nitrogen functional groups attached to an aromatic ring is 1. The molecule has 0 bridgehead atoms. The second-order valence-electron chi connectivity index (χ2n) is 8.60. The Balaban J connectivity index is 1.44. The van der Waals surface area contributed by atoms with Gasteiger partial charge in [0.1, 0.15) is 0 Å². The number of hydrazine groups is 1. The molecule has 0 radical (unpaired) electrons. The molecular formula is C22H24N6O2S. The van der Waals surface area contributed by atoms with Crippen molar-refractivity contribution >= 4 is 32.4 Å². The number of piperidine rings is 1. The van der Waals surface area contributed by atoms with Gasteiger partial charge in [0.05, 0.1) is 34.5 Å². The third-order valence-corrected chi connectivity index (χ3v) is 8.34. The molecule has 1 saturated carbocycles. The number of nitrogens with two attached hydrogens (primary N) is 1. The van der Waals surface area contributed by atoms with Crippen molar-refractivity contribution in [2.45, 2.75) is 31.1 Å². The number of hydrogen-bond donors (Lipinski definition) is 2. The lowest BCUT2D eigenvalue weighted by atomic mass is 9.92. The molecule has 3 aromatic rings. The summed E-state index contributed by atoms with van der Waals surface area (Å²) in [6.07, 6.45) is 5.94. The second-order valence-corrected chi connectivity index (χ2v) is 10.4. The fraction of sp³-hybridized carbons (Fsp3) is 0.364. The molecule has 9 heteroatoms. The Morgan fingerprint density at radius 1 is 1.23 bits per heavy atom.